The molecule has 162 valence electrons. The molecule has 9 nitrogen and oxygen atoms in total. The fourth-order valence-electron chi connectivity index (χ4n) is 3.15. The number of hydrogen-bond acceptors (Lipinski definition) is 7. The number of benzene rings is 2. The van der Waals surface area contributed by atoms with Gasteiger partial charge in [0, 0.05) is 12.6 Å². The summed E-state index contributed by atoms with van der Waals surface area (Å²) < 4.78 is 64.4. The van der Waals surface area contributed by atoms with Gasteiger partial charge in [0.2, 0.25) is 5.95 Å². The number of nitrogens with zero attached hydrogens (tertiary/aromatic N) is 7. The maximum atomic E-state index is 14.7. The van der Waals surface area contributed by atoms with E-state index in [1.807, 2.05) is 6.07 Å². The number of aryl methyl sites for hydroxylation is 1. The number of fused-ring (bicyclic) bond motifs is 1. The minimum atomic E-state index is -2.99. The number of nitrogen functional groups attached to an aromatic ring is 1. The lowest BCUT2D eigenvalue weighted by Crippen LogP contribution is -2.01. The van der Waals surface area contributed by atoms with Gasteiger partial charge in [0.25, 0.3) is 11.8 Å². The summed E-state index contributed by atoms with van der Waals surface area (Å²) in [4.78, 5) is 4.27. The van der Waals surface area contributed by atoms with Gasteiger partial charge in [0.15, 0.2) is 0 Å². The maximum absolute atomic E-state index is 14.7. The number of aromatic nitrogens is 7. The second-order valence-electron chi connectivity index (χ2n) is 6.83. The van der Waals surface area contributed by atoms with Gasteiger partial charge in [-0.25, -0.2) is 14.1 Å². The van der Waals surface area contributed by atoms with Crippen LogP contribution in [0.1, 0.15) is 20.6 Å². The third-order valence-corrected chi connectivity index (χ3v) is 4.78. The van der Waals surface area contributed by atoms with E-state index < -0.39 is 30.5 Å². The van der Waals surface area contributed by atoms with Gasteiger partial charge in [-0.2, -0.15) is 8.78 Å². The highest BCUT2D eigenvalue weighted by Crippen LogP contribution is 2.27. The van der Waals surface area contributed by atoms with E-state index in [9.17, 15) is 13.2 Å². The average Bonchev–Trinajstić information content (AvgIpc) is 3.54. The van der Waals surface area contributed by atoms with Crippen LogP contribution in [0.4, 0.5) is 19.1 Å². The molecule has 5 aromatic rings. The van der Waals surface area contributed by atoms with E-state index in [4.69, 9.17) is 12.9 Å². The molecule has 3 heterocycles. The summed E-state index contributed by atoms with van der Waals surface area (Å²) in [6.07, 6.45) is -1.61. The van der Waals surface area contributed by atoms with E-state index in [1.54, 1.807) is 23.7 Å². The highest BCUT2D eigenvalue weighted by Gasteiger charge is 2.19. The summed E-state index contributed by atoms with van der Waals surface area (Å²) in [7, 11) is 1.79. The minimum absolute atomic E-state index is 0.0910. The number of halogens is 3. The van der Waals surface area contributed by atoms with Crippen molar-refractivity contribution >= 4 is 17.0 Å². The van der Waals surface area contributed by atoms with Crippen LogP contribution < -0.4 is 5.73 Å². The lowest BCUT2D eigenvalue weighted by molar-refractivity contribution is 0.116. The number of hydrogen-bond donors (Lipinski definition) is 1. The second kappa shape index (κ2) is 7.48. The molecule has 3 aromatic heterocycles. The van der Waals surface area contributed by atoms with Gasteiger partial charge in [-0.15, -0.1) is 15.3 Å². The Morgan fingerprint density at radius 2 is 2.00 bits per heavy atom. The van der Waals surface area contributed by atoms with Crippen molar-refractivity contribution in [2.75, 3.05) is 5.73 Å². The zero-order valence-electron chi connectivity index (χ0n) is 18.4. The average molecular weight is 442 g/mol. The third-order valence-electron chi connectivity index (χ3n) is 4.78. The molecule has 0 saturated carbocycles. The molecule has 2 N–H and O–H groups in total. The summed E-state index contributed by atoms with van der Waals surface area (Å²) in [6, 6.07) is 8.69. The van der Waals surface area contributed by atoms with Crippen molar-refractivity contribution in [3.8, 4) is 22.7 Å². The summed E-state index contributed by atoms with van der Waals surface area (Å²) in [5.74, 6) is -1.95. The predicted molar refractivity (Wildman–Crippen MR) is 108 cm³/mol. The van der Waals surface area contributed by atoms with Crippen molar-refractivity contribution in [2.45, 2.75) is 12.9 Å². The summed E-state index contributed by atoms with van der Waals surface area (Å²) in [6.45, 7) is -2.28. The highest BCUT2D eigenvalue weighted by molar-refractivity contribution is 5.83. The fourth-order valence-corrected chi connectivity index (χ4v) is 3.15. The molecule has 0 spiro atoms. The number of rotatable bonds is 5. The molecule has 0 atom stereocenters. The topological polar surface area (TPSA) is 113 Å². The molecule has 0 unspecified atom stereocenters. The van der Waals surface area contributed by atoms with Gasteiger partial charge in [-0.05, 0) is 29.8 Å². The number of alkyl halides is 2. The van der Waals surface area contributed by atoms with E-state index in [-0.39, 0.29) is 11.1 Å². The lowest BCUT2D eigenvalue weighted by Gasteiger charge is -2.04. The Morgan fingerprint density at radius 1 is 1.16 bits per heavy atom. The molecule has 0 amide bonds. The van der Waals surface area contributed by atoms with Crippen LogP contribution in [-0.4, -0.2) is 34.7 Å². The van der Waals surface area contributed by atoms with Crippen molar-refractivity contribution in [1.29, 1.82) is 0 Å². The number of nitrogens with two attached hydrogens (primary N) is 1. The van der Waals surface area contributed by atoms with Crippen LogP contribution in [0.3, 0.4) is 0 Å². The number of imidazole rings is 1. The molecule has 5 rings (SSSR count). The molecule has 12 heteroatoms. The second-order valence-corrected chi connectivity index (χ2v) is 6.83. The van der Waals surface area contributed by atoms with Gasteiger partial charge >= 0.3 is 6.43 Å². The lowest BCUT2D eigenvalue weighted by atomic mass is 10.1. The first kappa shape index (κ1) is 17.5. The molecular formula is C20H15F3N8O. The van der Waals surface area contributed by atoms with Crippen LogP contribution in [0.5, 0.6) is 0 Å². The van der Waals surface area contributed by atoms with Gasteiger partial charge in [0.05, 0.1) is 32.0 Å². The molecule has 2 aromatic carbocycles. The van der Waals surface area contributed by atoms with Crippen molar-refractivity contribution in [2.24, 2.45) is 7.05 Å². The normalized spacial score (nSPS) is 13.0. The first-order valence-electron chi connectivity index (χ1n) is 10.2. The SMILES string of the molecule is [2H]C([2H])(c1ccc(-c2nnc(C(F)F)o2)c(F)c1)n1cc(-c2ccc3c(c2)nc(N)n3C)nn1. The monoisotopic (exact) mass is 442 g/mol. The molecular weight excluding hydrogens is 425 g/mol. The van der Waals surface area contributed by atoms with Crippen LogP contribution in [0.15, 0.2) is 47.0 Å². The first-order valence-corrected chi connectivity index (χ1v) is 9.22. The zero-order valence-corrected chi connectivity index (χ0v) is 16.4. The molecule has 0 aliphatic rings. The van der Waals surface area contributed by atoms with E-state index in [0.29, 0.717) is 22.7 Å². The number of anilines is 1. The van der Waals surface area contributed by atoms with Crippen LogP contribution in [-0.2, 0) is 13.5 Å². The maximum Gasteiger partial charge on any atom is 0.314 e. The Morgan fingerprint density at radius 3 is 2.75 bits per heavy atom. The largest absolute Gasteiger partial charge is 0.415 e. The molecule has 0 fully saturated rings. The first-order chi connectivity index (χ1) is 16.1. The van der Waals surface area contributed by atoms with Gasteiger partial charge < -0.3 is 14.7 Å². The van der Waals surface area contributed by atoms with Crippen LogP contribution >= 0.6 is 0 Å². The zero-order chi connectivity index (χ0) is 24.2. The Labute approximate surface area is 181 Å². The van der Waals surface area contributed by atoms with Crippen molar-refractivity contribution in [3.05, 3.63) is 59.9 Å². The molecule has 0 aliphatic heterocycles. The Hall–Kier alpha value is -4.22. The van der Waals surface area contributed by atoms with Crippen molar-refractivity contribution in [3.63, 3.8) is 0 Å². The summed E-state index contributed by atoms with van der Waals surface area (Å²) in [5.41, 5.74) is 7.98. The Bertz CT molecular complexity index is 1530. The fraction of sp³-hybridized carbons (Fsp3) is 0.150. The molecule has 32 heavy (non-hydrogen) atoms. The van der Waals surface area contributed by atoms with Crippen molar-refractivity contribution in [1.82, 2.24) is 34.7 Å². The van der Waals surface area contributed by atoms with Crippen LogP contribution in [0, 0.1) is 5.82 Å². The van der Waals surface area contributed by atoms with E-state index in [1.165, 1.54) is 18.3 Å². The smallest absolute Gasteiger partial charge is 0.314 e. The highest BCUT2D eigenvalue weighted by atomic mass is 19.3. The van der Waals surface area contributed by atoms with Gasteiger partial charge in [-0.1, -0.05) is 17.3 Å². The molecule has 0 radical (unpaired) electrons. The third kappa shape index (κ3) is 3.45. The van der Waals surface area contributed by atoms with Gasteiger partial charge in [-0.3, -0.25) is 0 Å². The van der Waals surface area contributed by atoms with E-state index in [0.717, 1.165) is 16.3 Å². The Balaban J connectivity index is 1.46. The minimum Gasteiger partial charge on any atom is -0.415 e. The predicted octanol–water partition coefficient (Wildman–Crippen LogP) is 3.59. The Kier molecular flexibility index (Phi) is 4.08. The van der Waals surface area contributed by atoms with Gasteiger partial charge in [0.1, 0.15) is 11.5 Å². The molecule has 0 aliphatic carbocycles. The van der Waals surface area contributed by atoms with Crippen LogP contribution in [0.25, 0.3) is 33.7 Å². The van der Waals surface area contributed by atoms with Crippen LogP contribution in [0.2, 0.25) is 0 Å². The standard InChI is InChI=1S/C20H15F3N8O/c1-30-16-5-3-11(7-14(16)25-20(30)24)15-9-31(29-26-15)8-10-2-4-12(13(21)6-10)18-27-28-19(32-18)17(22)23/h2-7,9,17H,8H2,1H3,(H2,24,25)/i8D2. The molecule has 0 bridgehead atoms. The van der Waals surface area contributed by atoms with Crippen molar-refractivity contribution < 1.29 is 20.3 Å². The molecule has 0 saturated heterocycles. The summed E-state index contributed by atoms with van der Waals surface area (Å²) >= 11 is 0. The van der Waals surface area contributed by atoms with E-state index >= 15 is 0 Å². The van der Waals surface area contributed by atoms with E-state index in [2.05, 4.69) is 25.5 Å². The summed E-state index contributed by atoms with van der Waals surface area (Å²) in [5, 5.41) is 14.5. The quantitative estimate of drug-likeness (QED) is 0.442.